The van der Waals surface area contributed by atoms with E-state index in [4.69, 9.17) is 0 Å². The van der Waals surface area contributed by atoms with Gasteiger partial charge in [-0.05, 0) is 55.3 Å². The van der Waals surface area contributed by atoms with E-state index in [0.717, 1.165) is 23.2 Å². The summed E-state index contributed by atoms with van der Waals surface area (Å²) in [6, 6.07) is 11.6. The number of carbonyl (C=O) groups excluding carboxylic acids is 2. The standard InChI is InChI=1S/C20H23N3O4S/c1-15-4-3-5-19(16(15)2)21-20(25)17-6-8-18(9-7-17)28(26,27)23-12-10-22(14-24)11-13-23/h3-9,14H,10-13H2,1-2H3,(H,21,25). The van der Waals surface area contributed by atoms with Crippen LogP contribution in [0, 0.1) is 13.8 Å². The van der Waals surface area contributed by atoms with Crippen LogP contribution in [-0.4, -0.2) is 56.1 Å². The molecule has 0 aromatic heterocycles. The fourth-order valence-electron chi connectivity index (χ4n) is 3.06. The molecule has 148 valence electrons. The largest absolute Gasteiger partial charge is 0.343 e. The minimum absolute atomic E-state index is 0.135. The van der Waals surface area contributed by atoms with E-state index in [0.29, 0.717) is 18.7 Å². The molecule has 0 saturated carbocycles. The van der Waals surface area contributed by atoms with Crippen molar-refractivity contribution in [3.63, 3.8) is 0 Å². The van der Waals surface area contributed by atoms with Crippen LogP contribution < -0.4 is 5.32 Å². The fraction of sp³-hybridized carbons (Fsp3) is 0.300. The van der Waals surface area contributed by atoms with Gasteiger partial charge in [-0.3, -0.25) is 9.59 Å². The summed E-state index contributed by atoms with van der Waals surface area (Å²) in [4.78, 5) is 25.0. The molecule has 1 N–H and O–H groups in total. The Labute approximate surface area is 165 Å². The predicted molar refractivity (Wildman–Crippen MR) is 107 cm³/mol. The van der Waals surface area contributed by atoms with Crippen LogP contribution in [0.4, 0.5) is 5.69 Å². The summed E-state index contributed by atoms with van der Waals surface area (Å²) in [6.45, 7) is 5.18. The van der Waals surface area contributed by atoms with Gasteiger partial charge in [-0.25, -0.2) is 8.42 Å². The number of aryl methyl sites for hydroxylation is 1. The second-order valence-corrected chi connectivity index (χ2v) is 8.71. The number of carbonyl (C=O) groups is 2. The number of amides is 2. The number of anilines is 1. The van der Waals surface area contributed by atoms with E-state index in [1.54, 1.807) is 4.90 Å². The maximum absolute atomic E-state index is 12.8. The van der Waals surface area contributed by atoms with Crippen LogP contribution in [0.15, 0.2) is 47.4 Å². The molecular weight excluding hydrogens is 378 g/mol. The lowest BCUT2D eigenvalue weighted by Gasteiger charge is -2.31. The monoisotopic (exact) mass is 401 g/mol. The highest BCUT2D eigenvalue weighted by Crippen LogP contribution is 2.21. The first-order valence-electron chi connectivity index (χ1n) is 9.00. The maximum atomic E-state index is 12.8. The normalized spacial score (nSPS) is 15.3. The number of piperazine rings is 1. The zero-order valence-corrected chi connectivity index (χ0v) is 16.7. The average molecular weight is 401 g/mol. The SMILES string of the molecule is Cc1cccc(NC(=O)c2ccc(S(=O)(=O)N3CCN(C=O)CC3)cc2)c1C. The first-order chi connectivity index (χ1) is 13.3. The Balaban J connectivity index is 1.73. The van der Waals surface area contributed by atoms with E-state index in [-0.39, 0.29) is 23.9 Å². The van der Waals surface area contributed by atoms with Crippen LogP contribution in [-0.2, 0) is 14.8 Å². The van der Waals surface area contributed by atoms with Gasteiger partial charge in [0.25, 0.3) is 5.91 Å². The van der Waals surface area contributed by atoms with Gasteiger partial charge >= 0.3 is 0 Å². The number of nitrogens with one attached hydrogen (secondary N) is 1. The van der Waals surface area contributed by atoms with Crippen LogP contribution in [0.2, 0.25) is 0 Å². The Bertz CT molecular complexity index is 979. The highest BCUT2D eigenvalue weighted by atomic mass is 32.2. The molecule has 3 rings (SSSR count). The van der Waals surface area contributed by atoms with Crippen molar-refractivity contribution in [2.75, 3.05) is 31.5 Å². The van der Waals surface area contributed by atoms with E-state index in [9.17, 15) is 18.0 Å². The smallest absolute Gasteiger partial charge is 0.255 e. The van der Waals surface area contributed by atoms with Gasteiger partial charge in [-0.1, -0.05) is 12.1 Å². The number of rotatable bonds is 5. The minimum Gasteiger partial charge on any atom is -0.343 e. The molecule has 1 aliphatic rings. The van der Waals surface area contributed by atoms with Crippen molar-refractivity contribution >= 4 is 28.0 Å². The number of hydrogen-bond acceptors (Lipinski definition) is 4. The molecule has 8 heteroatoms. The Hall–Kier alpha value is -2.71. The van der Waals surface area contributed by atoms with Gasteiger partial charge in [0, 0.05) is 37.4 Å². The number of sulfonamides is 1. The second-order valence-electron chi connectivity index (χ2n) is 6.77. The van der Waals surface area contributed by atoms with Gasteiger partial charge in [0.15, 0.2) is 0 Å². The van der Waals surface area contributed by atoms with Crippen molar-refractivity contribution in [2.45, 2.75) is 18.7 Å². The van der Waals surface area contributed by atoms with Crippen LogP contribution in [0.5, 0.6) is 0 Å². The summed E-state index contributed by atoms with van der Waals surface area (Å²) in [5.41, 5.74) is 3.18. The van der Waals surface area contributed by atoms with E-state index in [2.05, 4.69) is 5.32 Å². The van der Waals surface area contributed by atoms with Gasteiger partial charge in [0.05, 0.1) is 4.90 Å². The molecule has 1 heterocycles. The third-order valence-electron chi connectivity index (χ3n) is 5.03. The first-order valence-corrected chi connectivity index (χ1v) is 10.4. The molecule has 28 heavy (non-hydrogen) atoms. The molecule has 0 aliphatic carbocycles. The zero-order valence-electron chi connectivity index (χ0n) is 15.9. The minimum atomic E-state index is -3.65. The molecule has 0 atom stereocenters. The summed E-state index contributed by atoms with van der Waals surface area (Å²) >= 11 is 0. The van der Waals surface area contributed by atoms with Crippen molar-refractivity contribution in [1.82, 2.24) is 9.21 Å². The Morgan fingerprint density at radius 3 is 2.25 bits per heavy atom. The zero-order chi connectivity index (χ0) is 20.3. The van der Waals surface area contributed by atoms with Crippen molar-refractivity contribution in [2.24, 2.45) is 0 Å². The molecule has 2 amide bonds. The summed E-state index contributed by atoms with van der Waals surface area (Å²) in [7, 11) is -3.65. The van der Waals surface area contributed by atoms with Crippen LogP contribution in [0.1, 0.15) is 21.5 Å². The summed E-state index contributed by atoms with van der Waals surface area (Å²) in [5, 5.41) is 2.86. The van der Waals surface area contributed by atoms with E-state index in [1.165, 1.54) is 28.6 Å². The number of nitrogens with zero attached hydrogens (tertiary/aromatic N) is 2. The van der Waals surface area contributed by atoms with Crippen molar-refractivity contribution in [3.05, 3.63) is 59.2 Å². The van der Waals surface area contributed by atoms with Crippen molar-refractivity contribution < 1.29 is 18.0 Å². The lowest BCUT2D eigenvalue weighted by molar-refractivity contribution is -0.119. The van der Waals surface area contributed by atoms with Crippen LogP contribution >= 0.6 is 0 Å². The maximum Gasteiger partial charge on any atom is 0.255 e. The Morgan fingerprint density at radius 1 is 1.00 bits per heavy atom. The van der Waals surface area contributed by atoms with Crippen LogP contribution in [0.3, 0.4) is 0 Å². The van der Waals surface area contributed by atoms with E-state index in [1.807, 2.05) is 32.0 Å². The molecule has 2 aromatic rings. The van der Waals surface area contributed by atoms with Gasteiger partial charge in [0.1, 0.15) is 0 Å². The quantitative estimate of drug-likeness (QED) is 0.777. The highest BCUT2D eigenvalue weighted by Gasteiger charge is 2.28. The summed E-state index contributed by atoms with van der Waals surface area (Å²) in [5.74, 6) is -0.294. The van der Waals surface area contributed by atoms with Crippen molar-refractivity contribution in [1.29, 1.82) is 0 Å². The average Bonchev–Trinajstić information content (AvgIpc) is 2.71. The molecule has 7 nitrogen and oxygen atoms in total. The fourth-order valence-corrected chi connectivity index (χ4v) is 4.48. The highest BCUT2D eigenvalue weighted by molar-refractivity contribution is 7.89. The molecule has 1 aliphatic heterocycles. The van der Waals surface area contributed by atoms with Crippen LogP contribution in [0.25, 0.3) is 0 Å². The van der Waals surface area contributed by atoms with Gasteiger partial charge in [-0.2, -0.15) is 4.31 Å². The van der Waals surface area contributed by atoms with Crippen molar-refractivity contribution in [3.8, 4) is 0 Å². The number of benzene rings is 2. The first kappa shape index (κ1) is 20.0. The van der Waals surface area contributed by atoms with Gasteiger partial charge in [0.2, 0.25) is 16.4 Å². The topological polar surface area (TPSA) is 86.8 Å². The third kappa shape index (κ3) is 4.07. The number of hydrogen-bond donors (Lipinski definition) is 1. The lowest BCUT2D eigenvalue weighted by atomic mass is 10.1. The molecule has 0 radical (unpaired) electrons. The summed E-state index contributed by atoms with van der Waals surface area (Å²) in [6.07, 6.45) is 0.729. The third-order valence-corrected chi connectivity index (χ3v) is 6.94. The molecule has 0 bridgehead atoms. The summed E-state index contributed by atoms with van der Waals surface area (Å²) < 4.78 is 26.9. The van der Waals surface area contributed by atoms with Gasteiger partial charge in [-0.15, -0.1) is 0 Å². The second kappa shape index (κ2) is 8.12. The molecular formula is C20H23N3O4S. The van der Waals surface area contributed by atoms with E-state index >= 15 is 0 Å². The molecule has 1 saturated heterocycles. The Kier molecular flexibility index (Phi) is 5.81. The molecule has 1 fully saturated rings. The molecule has 0 unspecified atom stereocenters. The van der Waals surface area contributed by atoms with Gasteiger partial charge < -0.3 is 10.2 Å². The van der Waals surface area contributed by atoms with E-state index < -0.39 is 10.0 Å². The lowest BCUT2D eigenvalue weighted by Crippen LogP contribution is -2.47. The molecule has 2 aromatic carbocycles. The Morgan fingerprint density at radius 2 is 1.64 bits per heavy atom. The molecule has 0 spiro atoms. The predicted octanol–water partition coefficient (Wildman–Crippen LogP) is 2.02.